The summed E-state index contributed by atoms with van der Waals surface area (Å²) in [7, 11) is 0. The van der Waals surface area contributed by atoms with Crippen LogP contribution in [0, 0.1) is 0 Å². The summed E-state index contributed by atoms with van der Waals surface area (Å²) in [6, 6.07) is 62.2. The van der Waals surface area contributed by atoms with Gasteiger partial charge in [0.1, 0.15) is 0 Å². The van der Waals surface area contributed by atoms with Crippen molar-refractivity contribution >= 4 is 53.1 Å². The number of benzene rings is 8. The molecule has 0 aliphatic rings. The normalized spacial score (nSPS) is 11.5. The van der Waals surface area contributed by atoms with Gasteiger partial charge in [-0.3, -0.25) is 0 Å². The van der Waals surface area contributed by atoms with Gasteiger partial charge < -0.3 is 0 Å². The third kappa shape index (κ3) is 5.16. The summed E-state index contributed by atoms with van der Waals surface area (Å²) in [5, 5.41) is 7.41. The molecule has 10 aromatic rings. The van der Waals surface area contributed by atoms with E-state index >= 15 is 0 Å². The fraction of sp³-hybridized carbons (Fsp3) is 0. The Labute approximate surface area is 299 Å². The smallest absolute Gasteiger partial charge is 0.165 e. The lowest BCUT2D eigenvalue weighted by Crippen LogP contribution is -2.00. The molecule has 0 spiro atoms. The number of nitrogens with zero attached hydrogens (tertiary/aromatic N) is 3. The highest BCUT2D eigenvalue weighted by Gasteiger charge is 2.18. The van der Waals surface area contributed by atoms with Gasteiger partial charge >= 0.3 is 0 Å². The summed E-state index contributed by atoms with van der Waals surface area (Å²) in [6.07, 6.45) is 0. The lowest BCUT2D eigenvalue weighted by atomic mass is 9.92. The minimum absolute atomic E-state index is 0.644. The van der Waals surface area contributed by atoms with E-state index in [1.54, 1.807) is 11.3 Å². The van der Waals surface area contributed by atoms with E-state index in [9.17, 15) is 0 Å². The van der Waals surface area contributed by atoms with Crippen LogP contribution in [-0.2, 0) is 0 Å². The Hall–Kier alpha value is -6.49. The summed E-state index contributed by atoms with van der Waals surface area (Å²) in [4.78, 5) is 15.6. The second-order valence-corrected chi connectivity index (χ2v) is 13.9. The van der Waals surface area contributed by atoms with Crippen molar-refractivity contribution in [2.75, 3.05) is 0 Å². The molecule has 0 atom stereocenters. The van der Waals surface area contributed by atoms with Gasteiger partial charge in [0.15, 0.2) is 17.5 Å². The number of aromatic nitrogens is 3. The molecule has 0 fully saturated rings. The SMILES string of the molecule is c1ccc(-c2cccc(-c3nc(-c4cccc(-c5cc6ccccc6c6ccccc56)c4)nc(-c4cccc5c4sc4ccccc45)n3)c2)cc1. The molecule has 0 amide bonds. The first-order chi connectivity index (χ1) is 25.3. The maximum Gasteiger partial charge on any atom is 0.165 e. The summed E-state index contributed by atoms with van der Waals surface area (Å²) in [5.41, 5.74) is 7.47. The Kier molecular flexibility index (Phi) is 7.00. The molecule has 2 aromatic heterocycles. The topological polar surface area (TPSA) is 38.7 Å². The summed E-state index contributed by atoms with van der Waals surface area (Å²) in [6.45, 7) is 0. The molecular formula is C47H29N3S. The van der Waals surface area contributed by atoms with Crippen LogP contribution >= 0.6 is 11.3 Å². The van der Waals surface area contributed by atoms with Crippen molar-refractivity contribution in [2.45, 2.75) is 0 Å². The Morgan fingerprint density at radius 2 is 0.863 bits per heavy atom. The van der Waals surface area contributed by atoms with Crippen molar-refractivity contribution in [3.63, 3.8) is 0 Å². The van der Waals surface area contributed by atoms with Crippen LogP contribution in [-0.4, -0.2) is 15.0 Å². The van der Waals surface area contributed by atoms with Crippen LogP contribution in [0.3, 0.4) is 0 Å². The van der Waals surface area contributed by atoms with Crippen LogP contribution in [0.25, 0.3) is 98.1 Å². The summed E-state index contributed by atoms with van der Waals surface area (Å²) < 4.78 is 2.43. The number of thiophene rings is 1. The monoisotopic (exact) mass is 667 g/mol. The third-order valence-electron chi connectivity index (χ3n) is 9.71. The molecule has 0 N–H and O–H groups in total. The number of rotatable bonds is 5. The molecular weight excluding hydrogens is 639 g/mol. The van der Waals surface area contributed by atoms with Crippen LogP contribution in [0.2, 0.25) is 0 Å². The molecule has 51 heavy (non-hydrogen) atoms. The second-order valence-electron chi connectivity index (χ2n) is 12.8. The average Bonchev–Trinajstić information content (AvgIpc) is 3.60. The fourth-order valence-electron chi connectivity index (χ4n) is 7.27. The van der Waals surface area contributed by atoms with Crippen LogP contribution in [0.1, 0.15) is 0 Å². The lowest BCUT2D eigenvalue weighted by Gasteiger charge is -2.13. The van der Waals surface area contributed by atoms with E-state index in [0.717, 1.165) is 33.4 Å². The zero-order chi connectivity index (χ0) is 33.7. The van der Waals surface area contributed by atoms with Gasteiger partial charge in [-0.05, 0) is 74.1 Å². The van der Waals surface area contributed by atoms with Crippen LogP contribution in [0.4, 0.5) is 0 Å². The standard InChI is InChI=1S/C47H29N3S/c1-2-13-30(14-3-1)31-16-10-18-34(27-31)45-48-46(50-47(49-45)41-25-12-24-40-39-23-8-9-26-43(39)51-44(40)41)35-19-11-17-32(28-35)42-29-33-15-4-5-20-36(33)37-21-6-7-22-38(37)42/h1-29H. The van der Waals surface area contributed by atoms with Crippen molar-refractivity contribution in [1.82, 2.24) is 15.0 Å². The predicted molar refractivity (Wildman–Crippen MR) is 215 cm³/mol. The fourth-order valence-corrected chi connectivity index (χ4v) is 8.48. The van der Waals surface area contributed by atoms with E-state index in [0.29, 0.717) is 17.5 Å². The van der Waals surface area contributed by atoms with Crippen LogP contribution in [0.5, 0.6) is 0 Å². The third-order valence-corrected chi connectivity index (χ3v) is 10.9. The van der Waals surface area contributed by atoms with E-state index in [1.165, 1.54) is 47.3 Å². The minimum atomic E-state index is 0.644. The molecule has 0 saturated heterocycles. The van der Waals surface area contributed by atoms with E-state index < -0.39 is 0 Å². The van der Waals surface area contributed by atoms with Gasteiger partial charge in [-0.25, -0.2) is 15.0 Å². The van der Waals surface area contributed by atoms with Gasteiger partial charge in [-0.1, -0.05) is 146 Å². The van der Waals surface area contributed by atoms with Crippen molar-refractivity contribution in [1.29, 1.82) is 0 Å². The highest BCUT2D eigenvalue weighted by molar-refractivity contribution is 7.26. The molecule has 0 aliphatic heterocycles. The van der Waals surface area contributed by atoms with E-state index in [-0.39, 0.29) is 0 Å². The van der Waals surface area contributed by atoms with Gasteiger partial charge in [0.25, 0.3) is 0 Å². The van der Waals surface area contributed by atoms with Gasteiger partial charge in [-0.2, -0.15) is 0 Å². The molecule has 10 rings (SSSR count). The molecule has 2 heterocycles. The largest absolute Gasteiger partial charge is 0.208 e. The second kappa shape index (κ2) is 12.1. The molecule has 3 nitrogen and oxygen atoms in total. The number of hydrogen-bond donors (Lipinski definition) is 0. The first-order valence-corrected chi connectivity index (χ1v) is 17.9. The molecule has 0 radical (unpaired) electrons. The minimum Gasteiger partial charge on any atom is -0.208 e. The molecule has 0 unspecified atom stereocenters. The summed E-state index contributed by atoms with van der Waals surface area (Å²) in [5.74, 6) is 1.96. The Balaban J connectivity index is 1.18. The van der Waals surface area contributed by atoms with Gasteiger partial charge in [0.2, 0.25) is 0 Å². The van der Waals surface area contributed by atoms with Crippen molar-refractivity contribution in [3.8, 4) is 56.4 Å². The highest BCUT2D eigenvalue weighted by Crippen LogP contribution is 2.40. The average molecular weight is 668 g/mol. The predicted octanol–water partition coefficient (Wildman–Crippen LogP) is 12.9. The maximum absolute atomic E-state index is 5.23. The Morgan fingerprint density at radius 1 is 0.314 bits per heavy atom. The molecule has 8 aromatic carbocycles. The van der Waals surface area contributed by atoms with Gasteiger partial charge in [-0.15, -0.1) is 11.3 Å². The quantitative estimate of drug-likeness (QED) is 0.171. The Bertz CT molecular complexity index is 2930. The zero-order valence-electron chi connectivity index (χ0n) is 27.5. The molecule has 4 heteroatoms. The first kappa shape index (κ1) is 29.4. The van der Waals surface area contributed by atoms with Crippen molar-refractivity contribution < 1.29 is 0 Å². The summed E-state index contributed by atoms with van der Waals surface area (Å²) >= 11 is 1.79. The number of hydrogen-bond acceptors (Lipinski definition) is 4. The van der Waals surface area contributed by atoms with Crippen molar-refractivity contribution in [2.24, 2.45) is 0 Å². The Morgan fingerprint density at radius 3 is 1.67 bits per heavy atom. The first-order valence-electron chi connectivity index (χ1n) is 17.1. The van der Waals surface area contributed by atoms with E-state index in [2.05, 4.69) is 170 Å². The van der Waals surface area contributed by atoms with E-state index in [4.69, 9.17) is 15.0 Å². The molecule has 0 saturated carbocycles. The number of fused-ring (bicyclic) bond motifs is 6. The van der Waals surface area contributed by atoms with Crippen LogP contribution in [0.15, 0.2) is 176 Å². The molecule has 0 bridgehead atoms. The van der Waals surface area contributed by atoms with Crippen LogP contribution < -0.4 is 0 Å². The van der Waals surface area contributed by atoms with Crippen molar-refractivity contribution in [3.05, 3.63) is 176 Å². The lowest BCUT2D eigenvalue weighted by molar-refractivity contribution is 1.08. The zero-order valence-corrected chi connectivity index (χ0v) is 28.3. The van der Waals surface area contributed by atoms with Gasteiger partial charge in [0.05, 0.1) is 0 Å². The maximum atomic E-state index is 5.23. The molecule has 238 valence electrons. The van der Waals surface area contributed by atoms with E-state index in [1.807, 2.05) is 6.07 Å². The van der Waals surface area contributed by atoms with Gasteiger partial charge in [0, 0.05) is 36.9 Å². The molecule has 0 aliphatic carbocycles. The highest BCUT2D eigenvalue weighted by atomic mass is 32.1.